The first-order valence-corrected chi connectivity index (χ1v) is 10.9. The molecule has 13 heteroatoms. The molecule has 0 aromatic carbocycles. The van der Waals surface area contributed by atoms with Gasteiger partial charge in [-0.1, -0.05) is 11.3 Å². The standard InChI is InChI=1S/C16H25N5O2S.C2HF3O2/c1-12-18-19-15(24-12)21-8-5-16(11-21)10-13(4-9-23-16)17-14(22)20-6-2-3-7-20;3-2(4,5)1(6)7/h13H,2-11H2,1H3,(H,17,22);(H,6,7)/t13-,16+;/m0./s1. The van der Waals surface area contributed by atoms with E-state index in [1.165, 1.54) is 0 Å². The lowest BCUT2D eigenvalue weighted by Crippen LogP contribution is -2.52. The Morgan fingerprint density at radius 2 is 1.94 bits per heavy atom. The van der Waals surface area contributed by atoms with Crippen LogP contribution in [0.15, 0.2) is 0 Å². The monoisotopic (exact) mass is 465 g/mol. The van der Waals surface area contributed by atoms with Gasteiger partial charge in [-0.05, 0) is 39.0 Å². The first-order chi connectivity index (χ1) is 14.6. The maximum absolute atomic E-state index is 12.4. The van der Waals surface area contributed by atoms with Gasteiger partial charge in [-0.3, -0.25) is 0 Å². The molecule has 0 unspecified atom stereocenters. The molecule has 0 radical (unpaired) electrons. The van der Waals surface area contributed by atoms with E-state index in [0.717, 1.165) is 68.4 Å². The summed E-state index contributed by atoms with van der Waals surface area (Å²) in [4.78, 5) is 25.5. The predicted molar refractivity (Wildman–Crippen MR) is 106 cm³/mol. The molecule has 174 valence electrons. The van der Waals surface area contributed by atoms with Crippen LogP contribution in [0, 0.1) is 6.92 Å². The van der Waals surface area contributed by atoms with E-state index in [1.807, 2.05) is 11.8 Å². The quantitative estimate of drug-likeness (QED) is 0.691. The Morgan fingerprint density at radius 3 is 2.52 bits per heavy atom. The fraction of sp³-hybridized carbons (Fsp3) is 0.778. The van der Waals surface area contributed by atoms with Gasteiger partial charge in [-0.25, -0.2) is 9.59 Å². The number of aliphatic carboxylic acids is 1. The van der Waals surface area contributed by atoms with Crippen LogP contribution in [-0.2, 0) is 9.53 Å². The summed E-state index contributed by atoms with van der Waals surface area (Å²) in [5.41, 5.74) is -0.152. The predicted octanol–water partition coefficient (Wildman–Crippen LogP) is 2.41. The highest BCUT2D eigenvalue weighted by atomic mass is 32.1. The van der Waals surface area contributed by atoms with Gasteiger partial charge in [0, 0.05) is 38.8 Å². The second-order valence-electron chi connectivity index (χ2n) is 7.94. The smallest absolute Gasteiger partial charge is 0.475 e. The van der Waals surface area contributed by atoms with E-state index in [2.05, 4.69) is 20.4 Å². The van der Waals surface area contributed by atoms with Crippen molar-refractivity contribution in [3.05, 3.63) is 5.01 Å². The van der Waals surface area contributed by atoms with Crippen LogP contribution in [0.1, 0.15) is 37.1 Å². The van der Waals surface area contributed by atoms with Gasteiger partial charge in [0.15, 0.2) is 0 Å². The summed E-state index contributed by atoms with van der Waals surface area (Å²) in [7, 11) is 0. The van der Waals surface area contributed by atoms with E-state index in [1.54, 1.807) is 11.3 Å². The summed E-state index contributed by atoms with van der Waals surface area (Å²) < 4.78 is 37.9. The number of hydrogen-bond donors (Lipinski definition) is 2. The maximum atomic E-state index is 12.4. The van der Waals surface area contributed by atoms with Crippen molar-refractivity contribution in [2.45, 2.75) is 56.8 Å². The minimum Gasteiger partial charge on any atom is -0.475 e. The molecule has 0 aliphatic carbocycles. The minimum absolute atomic E-state index is 0.101. The van der Waals surface area contributed by atoms with Crippen molar-refractivity contribution in [2.24, 2.45) is 0 Å². The Kier molecular flexibility index (Phi) is 7.24. The molecule has 9 nitrogen and oxygen atoms in total. The second kappa shape index (κ2) is 9.55. The summed E-state index contributed by atoms with van der Waals surface area (Å²) in [5.74, 6) is -2.76. The lowest BCUT2D eigenvalue weighted by atomic mass is 9.89. The first kappa shape index (κ1) is 23.5. The number of urea groups is 1. The normalized spacial score (nSPS) is 26.0. The second-order valence-corrected chi connectivity index (χ2v) is 9.10. The number of ether oxygens (including phenoxy) is 1. The van der Waals surface area contributed by atoms with Crippen molar-refractivity contribution in [1.29, 1.82) is 0 Å². The molecule has 1 aromatic rings. The van der Waals surface area contributed by atoms with Crippen LogP contribution in [0.4, 0.5) is 23.1 Å². The lowest BCUT2D eigenvalue weighted by molar-refractivity contribution is -0.192. The number of amides is 2. The number of carboxylic acid groups (broad SMARTS) is 1. The molecular weight excluding hydrogens is 439 g/mol. The molecule has 4 rings (SSSR count). The molecular formula is C18H26F3N5O4S. The number of alkyl halides is 3. The van der Waals surface area contributed by atoms with E-state index < -0.39 is 12.1 Å². The number of carbonyl (C=O) groups is 2. The molecule has 3 aliphatic rings. The first-order valence-electron chi connectivity index (χ1n) is 10.1. The number of nitrogens with one attached hydrogen (secondary N) is 1. The van der Waals surface area contributed by atoms with Crippen LogP contribution < -0.4 is 10.2 Å². The largest absolute Gasteiger partial charge is 0.490 e. The number of rotatable bonds is 2. The van der Waals surface area contributed by atoms with Gasteiger partial charge in [-0.2, -0.15) is 13.2 Å². The van der Waals surface area contributed by atoms with Crippen molar-refractivity contribution in [1.82, 2.24) is 20.4 Å². The van der Waals surface area contributed by atoms with Gasteiger partial charge < -0.3 is 25.0 Å². The minimum atomic E-state index is -5.08. The van der Waals surface area contributed by atoms with E-state index in [0.29, 0.717) is 6.61 Å². The number of carboxylic acids is 1. The van der Waals surface area contributed by atoms with E-state index in [9.17, 15) is 18.0 Å². The Balaban J connectivity index is 0.000000339. The molecule has 0 bridgehead atoms. The molecule has 1 aromatic heterocycles. The van der Waals surface area contributed by atoms with E-state index >= 15 is 0 Å². The van der Waals surface area contributed by atoms with Gasteiger partial charge in [0.05, 0.1) is 5.60 Å². The highest BCUT2D eigenvalue weighted by Gasteiger charge is 2.44. The Morgan fingerprint density at radius 1 is 1.26 bits per heavy atom. The van der Waals surface area contributed by atoms with Gasteiger partial charge in [-0.15, -0.1) is 10.2 Å². The Hall–Kier alpha value is -2.15. The van der Waals surface area contributed by atoms with Crippen LogP contribution in [0.3, 0.4) is 0 Å². The number of anilines is 1. The summed E-state index contributed by atoms with van der Waals surface area (Å²) in [6.45, 7) is 6.27. The highest BCUT2D eigenvalue weighted by Crippen LogP contribution is 2.37. The van der Waals surface area contributed by atoms with Crippen molar-refractivity contribution in [3.63, 3.8) is 0 Å². The average molecular weight is 465 g/mol. The molecule has 3 saturated heterocycles. The van der Waals surface area contributed by atoms with E-state index in [-0.39, 0.29) is 17.7 Å². The number of likely N-dealkylation sites (tertiary alicyclic amines) is 1. The average Bonchev–Trinajstić information content (AvgIpc) is 3.43. The molecule has 4 heterocycles. The molecule has 2 N–H and O–H groups in total. The Labute approximate surface area is 181 Å². The highest BCUT2D eigenvalue weighted by molar-refractivity contribution is 7.15. The summed E-state index contributed by atoms with van der Waals surface area (Å²) >= 11 is 1.63. The summed E-state index contributed by atoms with van der Waals surface area (Å²) in [5, 5.41) is 20.7. The fourth-order valence-corrected chi connectivity index (χ4v) is 4.76. The van der Waals surface area contributed by atoms with Crippen molar-refractivity contribution in [3.8, 4) is 0 Å². The summed E-state index contributed by atoms with van der Waals surface area (Å²) in [6, 6.07) is 0.312. The molecule has 2 atom stereocenters. The molecule has 0 saturated carbocycles. The van der Waals surface area contributed by atoms with Gasteiger partial charge in [0.1, 0.15) is 5.01 Å². The maximum Gasteiger partial charge on any atom is 0.490 e. The van der Waals surface area contributed by atoms with Crippen LogP contribution in [-0.4, -0.2) is 82.8 Å². The third-order valence-electron chi connectivity index (χ3n) is 5.56. The molecule has 3 aliphatic heterocycles. The van der Waals surface area contributed by atoms with Crippen molar-refractivity contribution in [2.75, 3.05) is 37.7 Å². The van der Waals surface area contributed by atoms with E-state index in [4.69, 9.17) is 14.6 Å². The molecule has 2 amide bonds. The lowest BCUT2D eigenvalue weighted by Gasteiger charge is -2.38. The third-order valence-corrected chi connectivity index (χ3v) is 6.46. The van der Waals surface area contributed by atoms with Crippen LogP contribution in [0.2, 0.25) is 0 Å². The summed E-state index contributed by atoms with van der Waals surface area (Å²) in [6.07, 6.45) is -0.0510. The van der Waals surface area contributed by atoms with Crippen molar-refractivity contribution >= 4 is 28.5 Å². The van der Waals surface area contributed by atoms with Crippen LogP contribution in [0.5, 0.6) is 0 Å². The number of nitrogens with zero attached hydrogens (tertiary/aromatic N) is 4. The number of aromatic nitrogens is 2. The zero-order chi connectivity index (χ0) is 22.6. The van der Waals surface area contributed by atoms with Crippen LogP contribution in [0.25, 0.3) is 0 Å². The van der Waals surface area contributed by atoms with Gasteiger partial charge in [0.2, 0.25) is 5.13 Å². The van der Waals surface area contributed by atoms with Crippen molar-refractivity contribution < 1.29 is 32.6 Å². The molecule has 3 fully saturated rings. The Bertz CT molecular complexity index is 786. The zero-order valence-corrected chi connectivity index (χ0v) is 18.0. The number of aryl methyl sites for hydroxylation is 1. The topological polar surface area (TPSA) is 108 Å². The van der Waals surface area contributed by atoms with Gasteiger partial charge >= 0.3 is 18.2 Å². The number of carbonyl (C=O) groups excluding carboxylic acids is 1. The molecule has 1 spiro atoms. The van der Waals surface area contributed by atoms with Gasteiger partial charge in [0.25, 0.3) is 0 Å². The van der Waals surface area contributed by atoms with Crippen LogP contribution >= 0.6 is 11.3 Å². The number of hydrogen-bond acceptors (Lipinski definition) is 7. The fourth-order valence-electron chi connectivity index (χ4n) is 4.04. The zero-order valence-electron chi connectivity index (χ0n) is 17.2. The third kappa shape index (κ3) is 6.19. The number of halogens is 3. The molecule has 31 heavy (non-hydrogen) atoms. The SMILES string of the molecule is Cc1nnc(N2CC[C@@]3(C[C@@H](NC(=O)N4CCCC4)CCO3)C2)s1.O=C(O)C(F)(F)F.